The molecule has 0 spiro atoms. The van der Waals surface area contributed by atoms with Crippen molar-refractivity contribution in [1.82, 2.24) is 10.6 Å². The van der Waals surface area contributed by atoms with Crippen LogP contribution in [0.2, 0.25) is 0 Å². The Morgan fingerprint density at radius 1 is 0.907 bits per heavy atom. The highest BCUT2D eigenvalue weighted by Crippen LogP contribution is 2.64. The van der Waals surface area contributed by atoms with Crippen LogP contribution in [0.3, 0.4) is 0 Å². The van der Waals surface area contributed by atoms with Crippen molar-refractivity contribution in [3.63, 3.8) is 0 Å². The second-order valence-electron chi connectivity index (χ2n) is 17.6. The van der Waals surface area contributed by atoms with E-state index >= 15 is 0 Å². The Balaban J connectivity index is 1.25. The summed E-state index contributed by atoms with van der Waals surface area (Å²) in [6, 6.07) is 0.350. The molecule has 5 heteroatoms. The van der Waals surface area contributed by atoms with Gasteiger partial charge in [0.2, 0.25) is 0 Å². The van der Waals surface area contributed by atoms with Gasteiger partial charge in [-0.15, -0.1) is 0 Å². The van der Waals surface area contributed by atoms with E-state index in [1.807, 2.05) is 0 Å². The van der Waals surface area contributed by atoms with E-state index in [2.05, 4.69) is 66.0 Å². The molecule has 5 nitrogen and oxygen atoms in total. The van der Waals surface area contributed by atoms with Gasteiger partial charge in [-0.1, -0.05) is 81.1 Å². The largest absolute Gasteiger partial charge is 0.449 e. The Morgan fingerprint density at radius 3 is 2.44 bits per heavy atom. The number of hydrogen-bond donors (Lipinski definition) is 2. The summed E-state index contributed by atoms with van der Waals surface area (Å²) in [5.41, 5.74) is 0.967. The summed E-state index contributed by atoms with van der Waals surface area (Å²) in [6.45, 7) is 22.1. The molecule has 43 heavy (non-hydrogen) atoms. The normalized spacial score (nSPS) is 39.1. The molecule has 0 saturated heterocycles. The Hall–Kier alpha value is -0.810. The summed E-state index contributed by atoms with van der Waals surface area (Å²) in [5, 5.41) is 6.78. The van der Waals surface area contributed by atoms with Gasteiger partial charge in [-0.25, -0.2) is 4.79 Å². The second-order valence-corrected chi connectivity index (χ2v) is 17.6. The van der Waals surface area contributed by atoms with E-state index in [-0.39, 0.29) is 22.3 Å². The lowest BCUT2D eigenvalue weighted by molar-refractivity contribution is -0.144. The number of unbranched alkanes of at least 4 members (excludes halogenated alkanes) is 3. The van der Waals surface area contributed by atoms with Crippen LogP contribution in [0, 0.1) is 51.2 Å². The van der Waals surface area contributed by atoms with E-state index in [9.17, 15) is 4.79 Å². The van der Waals surface area contributed by atoms with Gasteiger partial charge >= 0.3 is 6.09 Å². The Kier molecular flexibility index (Phi) is 12.0. The first kappa shape index (κ1) is 35.1. The Labute approximate surface area is 266 Å². The first-order valence-corrected chi connectivity index (χ1v) is 18.5. The lowest BCUT2D eigenvalue weighted by atomic mass is 9.44. The SMILES string of the molecule is CCCCCCNC(=O)OCC1(C)CCC(C)(C)C(NCOCC2(C)CCCC3(C)C4CCC(C(C)C)CC4CCC23)C1. The van der Waals surface area contributed by atoms with Crippen LogP contribution in [0.5, 0.6) is 0 Å². The summed E-state index contributed by atoms with van der Waals surface area (Å²) >= 11 is 0. The lowest BCUT2D eigenvalue weighted by Gasteiger charge is -2.62. The van der Waals surface area contributed by atoms with Crippen LogP contribution < -0.4 is 10.6 Å². The van der Waals surface area contributed by atoms with Gasteiger partial charge in [-0.05, 0) is 116 Å². The molecule has 4 aliphatic rings. The number of amides is 1. The van der Waals surface area contributed by atoms with Gasteiger partial charge in [0.25, 0.3) is 0 Å². The summed E-state index contributed by atoms with van der Waals surface area (Å²) in [5.74, 6) is 4.45. The van der Waals surface area contributed by atoms with E-state index in [0.717, 1.165) is 68.3 Å². The van der Waals surface area contributed by atoms with Gasteiger partial charge in [0.1, 0.15) is 0 Å². The predicted octanol–water partition coefficient (Wildman–Crippen LogP) is 9.74. The number of fused-ring (bicyclic) bond motifs is 3. The Bertz CT molecular complexity index is 890. The zero-order chi connectivity index (χ0) is 31.3. The molecular weight excluding hydrogens is 532 g/mol. The number of hydrogen-bond acceptors (Lipinski definition) is 4. The molecule has 0 aromatic heterocycles. The van der Waals surface area contributed by atoms with Crippen molar-refractivity contribution in [2.45, 2.75) is 158 Å². The highest BCUT2D eigenvalue weighted by molar-refractivity contribution is 5.67. The van der Waals surface area contributed by atoms with Crippen molar-refractivity contribution >= 4 is 6.09 Å². The zero-order valence-corrected chi connectivity index (χ0v) is 29.6. The fourth-order valence-corrected chi connectivity index (χ4v) is 10.4. The number of carbonyl (C=O) groups is 1. The molecule has 4 aliphatic carbocycles. The highest BCUT2D eigenvalue weighted by atomic mass is 16.5. The molecule has 0 aromatic carbocycles. The van der Waals surface area contributed by atoms with Gasteiger partial charge < -0.3 is 14.8 Å². The fraction of sp³-hybridized carbons (Fsp3) is 0.974. The van der Waals surface area contributed by atoms with E-state index in [4.69, 9.17) is 9.47 Å². The van der Waals surface area contributed by atoms with Crippen molar-refractivity contribution in [2.75, 3.05) is 26.5 Å². The van der Waals surface area contributed by atoms with Gasteiger partial charge in [-0.2, -0.15) is 0 Å². The van der Waals surface area contributed by atoms with Crippen LogP contribution in [0.1, 0.15) is 152 Å². The molecule has 0 heterocycles. The molecular formula is C38H70N2O3. The fourth-order valence-electron chi connectivity index (χ4n) is 10.4. The molecule has 0 radical (unpaired) electrons. The molecule has 250 valence electrons. The Morgan fingerprint density at radius 2 is 1.70 bits per heavy atom. The number of ether oxygens (including phenoxy) is 2. The number of rotatable bonds is 13. The minimum Gasteiger partial charge on any atom is -0.449 e. The van der Waals surface area contributed by atoms with Crippen molar-refractivity contribution < 1.29 is 14.3 Å². The first-order valence-electron chi connectivity index (χ1n) is 18.5. The smallest absolute Gasteiger partial charge is 0.407 e. The molecule has 0 aromatic rings. The summed E-state index contributed by atoms with van der Waals surface area (Å²) in [4.78, 5) is 12.3. The van der Waals surface area contributed by atoms with E-state index in [1.165, 1.54) is 64.2 Å². The zero-order valence-electron chi connectivity index (χ0n) is 29.6. The van der Waals surface area contributed by atoms with E-state index in [0.29, 0.717) is 31.3 Å². The van der Waals surface area contributed by atoms with Gasteiger partial charge in [0, 0.05) is 18.0 Å². The number of alkyl carbamates (subject to hydrolysis) is 1. The molecule has 4 rings (SSSR count). The molecule has 4 fully saturated rings. The molecule has 8 unspecified atom stereocenters. The topological polar surface area (TPSA) is 59.6 Å². The summed E-state index contributed by atoms with van der Waals surface area (Å²) in [7, 11) is 0. The van der Waals surface area contributed by atoms with Gasteiger partial charge in [0.05, 0.1) is 19.9 Å². The quantitative estimate of drug-likeness (QED) is 0.163. The molecule has 4 saturated carbocycles. The first-order chi connectivity index (χ1) is 20.3. The van der Waals surface area contributed by atoms with Gasteiger partial charge in [0.15, 0.2) is 0 Å². The molecule has 1 amide bonds. The molecule has 8 atom stereocenters. The van der Waals surface area contributed by atoms with Crippen LogP contribution in [-0.4, -0.2) is 38.6 Å². The van der Waals surface area contributed by atoms with Crippen molar-refractivity contribution in [2.24, 2.45) is 51.2 Å². The predicted molar refractivity (Wildman–Crippen MR) is 179 cm³/mol. The maximum absolute atomic E-state index is 12.3. The third-order valence-electron chi connectivity index (χ3n) is 13.5. The van der Waals surface area contributed by atoms with Crippen LogP contribution in [-0.2, 0) is 9.47 Å². The van der Waals surface area contributed by atoms with E-state index in [1.54, 1.807) is 0 Å². The maximum Gasteiger partial charge on any atom is 0.407 e. The maximum atomic E-state index is 12.3. The van der Waals surface area contributed by atoms with Crippen LogP contribution in [0.25, 0.3) is 0 Å². The van der Waals surface area contributed by atoms with Crippen molar-refractivity contribution in [3.8, 4) is 0 Å². The van der Waals surface area contributed by atoms with Crippen molar-refractivity contribution in [1.29, 1.82) is 0 Å². The lowest BCUT2D eigenvalue weighted by Crippen LogP contribution is -2.55. The standard InChI is InChI=1S/C38H70N2O3/c1-9-10-11-12-22-39-34(41)43-25-36(6)21-20-35(4,5)33(24-36)40-27-42-26-37(7)18-13-19-38(8)31-16-14-29(28(2)3)23-30(31)15-17-32(37)38/h28-33,40H,9-27H2,1-8H3,(H,39,41). The minimum absolute atomic E-state index is 0.00287. The van der Waals surface area contributed by atoms with Gasteiger partial charge in [-0.3, -0.25) is 5.32 Å². The monoisotopic (exact) mass is 603 g/mol. The molecule has 0 bridgehead atoms. The van der Waals surface area contributed by atoms with E-state index < -0.39 is 0 Å². The highest BCUT2D eigenvalue weighted by Gasteiger charge is 2.57. The van der Waals surface area contributed by atoms with Crippen LogP contribution in [0.15, 0.2) is 0 Å². The minimum atomic E-state index is -0.259. The van der Waals surface area contributed by atoms with Crippen molar-refractivity contribution in [3.05, 3.63) is 0 Å². The number of carbonyl (C=O) groups excluding carboxylic acids is 1. The molecule has 0 aliphatic heterocycles. The average Bonchev–Trinajstić information content (AvgIpc) is 2.96. The second kappa shape index (κ2) is 14.7. The third-order valence-corrected chi connectivity index (χ3v) is 13.5. The average molecular weight is 603 g/mol. The molecule has 2 N–H and O–H groups in total. The van der Waals surface area contributed by atoms with Crippen LogP contribution in [0.4, 0.5) is 4.79 Å². The van der Waals surface area contributed by atoms with Crippen LogP contribution >= 0.6 is 0 Å². The summed E-state index contributed by atoms with van der Waals surface area (Å²) in [6.07, 6.45) is 18.9. The third kappa shape index (κ3) is 8.52. The number of nitrogens with one attached hydrogen (secondary N) is 2. The summed E-state index contributed by atoms with van der Waals surface area (Å²) < 4.78 is 12.3.